The van der Waals surface area contributed by atoms with E-state index in [1.807, 2.05) is 26.8 Å². The molecular weight excluding hydrogens is 283 g/mol. The summed E-state index contributed by atoms with van der Waals surface area (Å²) in [6.45, 7) is 9.93. The number of nitrogens with zero attached hydrogens (tertiary/aromatic N) is 2. The highest BCUT2D eigenvalue weighted by molar-refractivity contribution is 5.70. The lowest BCUT2D eigenvalue weighted by Gasteiger charge is -2.45. The zero-order valence-corrected chi connectivity index (χ0v) is 13.6. The average Bonchev–Trinajstić information content (AvgIpc) is 2.62. The van der Waals surface area contributed by atoms with E-state index in [1.54, 1.807) is 11.0 Å². The summed E-state index contributed by atoms with van der Waals surface area (Å²) < 4.78 is 18.8. The molecule has 5 heteroatoms. The van der Waals surface area contributed by atoms with Crippen molar-refractivity contribution >= 4 is 11.8 Å². The van der Waals surface area contributed by atoms with Crippen molar-refractivity contribution in [2.75, 3.05) is 24.5 Å². The van der Waals surface area contributed by atoms with Gasteiger partial charge in [0, 0.05) is 31.2 Å². The molecule has 1 fully saturated rings. The lowest BCUT2D eigenvalue weighted by molar-refractivity contribution is 0.00822. The van der Waals surface area contributed by atoms with E-state index in [0.29, 0.717) is 25.0 Å². The lowest BCUT2D eigenvalue weighted by Crippen LogP contribution is -2.61. The van der Waals surface area contributed by atoms with Crippen LogP contribution in [0.5, 0.6) is 0 Å². The van der Waals surface area contributed by atoms with Crippen LogP contribution in [0.25, 0.3) is 0 Å². The van der Waals surface area contributed by atoms with E-state index >= 15 is 0 Å². The van der Waals surface area contributed by atoms with Crippen LogP contribution in [-0.2, 0) is 4.74 Å². The zero-order chi connectivity index (χ0) is 16.1. The van der Waals surface area contributed by atoms with Gasteiger partial charge in [-0.3, -0.25) is 0 Å². The summed E-state index contributed by atoms with van der Waals surface area (Å²) >= 11 is 0. The Balaban J connectivity index is 1.64. The molecule has 120 valence electrons. The molecule has 0 aliphatic carbocycles. The Kier molecular flexibility index (Phi) is 3.54. The smallest absolute Gasteiger partial charge is 0.410 e. The van der Waals surface area contributed by atoms with Crippen LogP contribution in [0, 0.1) is 5.82 Å². The molecule has 2 heterocycles. The number of benzene rings is 1. The van der Waals surface area contributed by atoms with Gasteiger partial charge in [-0.1, -0.05) is 6.92 Å². The van der Waals surface area contributed by atoms with Gasteiger partial charge in [-0.2, -0.15) is 0 Å². The second-order valence-electron chi connectivity index (χ2n) is 7.30. The van der Waals surface area contributed by atoms with E-state index in [9.17, 15) is 9.18 Å². The molecule has 0 radical (unpaired) electrons. The molecule has 0 bridgehead atoms. The highest BCUT2D eigenvalue weighted by atomic mass is 19.1. The maximum absolute atomic E-state index is 13.4. The highest BCUT2D eigenvalue weighted by Crippen LogP contribution is 2.39. The Bertz CT molecular complexity index is 591. The number of fused-ring (bicyclic) bond motifs is 1. The van der Waals surface area contributed by atoms with E-state index in [2.05, 4.69) is 11.8 Å². The number of ether oxygens (including phenoxy) is 1. The summed E-state index contributed by atoms with van der Waals surface area (Å²) in [5.41, 5.74) is 1.70. The van der Waals surface area contributed by atoms with Crippen molar-refractivity contribution in [1.29, 1.82) is 0 Å². The topological polar surface area (TPSA) is 32.8 Å². The molecule has 1 atom stereocenters. The molecule has 0 N–H and O–H groups in total. The minimum Gasteiger partial charge on any atom is -0.444 e. The molecule has 1 aromatic rings. The van der Waals surface area contributed by atoms with Crippen molar-refractivity contribution in [2.24, 2.45) is 0 Å². The Morgan fingerprint density at radius 2 is 1.95 bits per heavy atom. The quantitative estimate of drug-likeness (QED) is 0.797. The van der Waals surface area contributed by atoms with Gasteiger partial charge in [0.05, 0.1) is 6.04 Å². The van der Waals surface area contributed by atoms with Crippen LogP contribution in [0.1, 0.15) is 39.2 Å². The van der Waals surface area contributed by atoms with E-state index in [-0.39, 0.29) is 11.9 Å². The first-order chi connectivity index (χ1) is 10.2. The second kappa shape index (κ2) is 5.14. The molecule has 0 aromatic heterocycles. The maximum Gasteiger partial charge on any atom is 0.410 e. The minimum absolute atomic E-state index is 0.184. The molecule has 2 aliphatic heterocycles. The van der Waals surface area contributed by atoms with Crippen LogP contribution in [0.15, 0.2) is 18.2 Å². The Morgan fingerprint density at radius 1 is 1.27 bits per heavy atom. The minimum atomic E-state index is -0.464. The van der Waals surface area contributed by atoms with Crippen molar-refractivity contribution in [3.05, 3.63) is 29.6 Å². The summed E-state index contributed by atoms with van der Waals surface area (Å²) in [4.78, 5) is 16.0. The van der Waals surface area contributed by atoms with Gasteiger partial charge in [0.1, 0.15) is 11.4 Å². The van der Waals surface area contributed by atoms with Gasteiger partial charge in [0.2, 0.25) is 0 Å². The Labute approximate surface area is 130 Å². The molecule has 4 nitrogen and oxygen atoms in total. The van der Waals surface area contributed by atoms with Gasteiger partial charge in [0.25, 0.3) is 0 Å². The van der Waals surface area contributed by atoms with E-state index < -0.39 is 5.60 Å². The first-order valence-corrected chi connectivity index (χ1v) is 7.78. The van der Waals surface area contributed by atoms with Gasteiger partial charge in [-0.25, -0.2) is 9.18 Å². The van der Waals surface area contributed by atoms with Gasteiger partial charge in [-0.15, -0.1) is 0 Å². The number of halogens is 1. The second-order valence-corrected chi connectivity index (χ2v) is 7.30. The van der Waals surface area contributed by atoms with Crippen molar-refractivity contribution in [2.45, 2.75) is 45.3 Å². The lowest BCUT2D eigenvalue weighted by atomic mass is 10.0. The number of likely N-dealkylation sites (tertiary alicyclic amines) is 1. The number of amides is 1. The van der Waals surface area contributed by atoms with Crippen LogP contribution in [-0.4, -0.2) is 42.3 Å². The summed E-state index contributed by atoms with van der Waals surface area (Å²) in [5, 5.41) is 0. The Morgan fingerprint density at radius 3 is 2.59 bits per heavy atom. The molecule has 1 amide bonds. The molecule has 3 rings (SSSR count). The largest absolute Gasteiger partial charge is 0.444 e. The van der Waals surface area contributed by atoms with Crippen LogP contribution >= 0.6 is 0 Å². The summed E-state index contributed by atoms with van der Waals surface area (Å²) in [5.74, 6) is 0.137. The van der Waals surface area contributed by atoms with Gasteiger partial charge < -0.3 is 14.5 Å². The van der Waals surface area contributed by atoms with Crippen molar-refractivity contribution < 1.29 is 13.9 Å². The van der Waals surface area contributed by atoms with Gasteiger partial charge in [-0.05, 0) is 44.5 Å². The van der Waals surface area contributed by atoms with Gasteiger partial charge in [0.15, 0.2) is 0 Å². The van der Waals surface area contributed by atoms with E-state index in [1.165, 1.54) is 6.07 Å². The van der Waals surface area contributed by atoms with Crippen molar-refractivity contribution in [1.82, 2.24) is 4.90 Å². The van der Waals surface area contributed by atoms with E-state index in [0.717, 1.165) is 17.8 Å². The fourth-order valence-electron chi connectivity index (χ4n) is 3.15. The molecule has 22 heavy (non-hydrogen) atoms. The SMILES string of the molecule is C[C@H]1CN(C2CN(C(=O)OC(C)(C)C)C2)c2ccc(F)cc21. The average molecular weight is 306 g/mol. The van der Waals surface area contributed by atoms with Gasteiger partial charge >= 0.3 is 6.09 Å². The Hall–Kier alpha value is -1.78. The number of rotatable bonds is 1. The molecule has 1 saturated heterocycles. The monoisotopic (exact) mass is 306 g/mol. The normalized spacial score (nSPS) is 21.6. The number of carbonyl (C=O) groups is 1. The standard InChI is InChI=1S/C17H23FN2O2/c1-11-8-20(15-6-5-12(18)7-14(11)15)13-9-19(10-13)16(21)22-17(2,3)4/h5-7,11,13H,8-10H2,1-4H3/t11-/m0/s1. The third-order valence-corrected chi connectivity index (χ3v) is 4.26. The number of carbonyl (C=O) groups excluding carboxylic acids is 1. The molecule has 0 saturated carbocycles. The van der Waals surface area contributed by atoms with Crippen LogP contribution < -0.4 is 4.90 Å². The third-order valence-electron chi connectivity index (χ3n) is 4.26. The van der Waals surface area contributed by atoms with E-state index in [4.69, 9.17) is 4.74 Å². The number of hydrogen-bond acceptors (Lipinski definition) is 3. The predicted molar refractivity (Wildman–Crippen MR) is 83.8 cm³/mol. The maximum atomic E-state index is 13.4. The fourth-order valence-corrected chi connectivity index (χ4v) is 3.15. The highest BCUT2D eigenvalue weighted by Gasteiger charge is 2.40. The fraction of sp³-hybridized carbons (Fsp3) is 0.588. The van der Waals surface area contributed by atoms with Crippen molar-refractivity contribution in [3.63, 3.8) is 0 Å². The molecule has 2 aliphatic rings. The zero-order valence-electron chi connectivity index (χ0n) is 13.6. The molecule has 1 aromatic carbocycles. The molecule has 0 unspecified atom stereocenters. The van der Waals surface area contributed by atoms with Crippen LogP contribution in [0.4, 0.5) is 14.9 Å². The molecule has 0 spiro atoms. The number of anilines is 1. The summed E-state index contributed by atoms with van der Waals surface area (Å²) in [7, 11) is 0. The summed E-state index contributed by atoms with van der Waals surface area (Å²) in [6.07, 6.45) is -0.254. The predicted octanol–water partition coefficient (Wildman–Crippen LogP) is 3.37. The molecular formula is C17H23FN2O2. The first-order valence-electron chi connectivity index (χ1n) is 7.78. The third kappa shape index (κ3) is 2.76. The van der Waals surface area contributed by atoms with Crippen LogP contribution in [0.3, 0.4) is 0 Å². The van der Waals surface area contributed by atoms with Crippen LogP contribution in [0.2, 0.25) is 0 Å². The number of hydrogen-bond donors (Lipinski definition) is 0. The summed E-state index contributed by atoms with van der Waals surface area (Å²) in [6, 6.07) is 5.28. The first kappa shape index (κ1) is 15.1. The van der Waals surface area contributed by atoms with Crippen molar-refractivity contribution in [3.8, 4) is 0 Å².